The van der Waals surface area contributed by atoms with Crippen molar-refractivity contribution in [1.82, 2.24) is 19.3 Å². The smallest absolute Gasteiger partial charge is 0.243 e. The van der Waals surface area contributed by atoms with Crippen molar-refractivity contribution in [2.75, 3.05) is 18.4 Å². The topological polar surface area (TPSA) is 88.1 Å². The van der Waals surface area contributed by atoms with Gasteiger partial charge in [0.1, 0.15) is 11.6 Å². The predicted molar refractivity (Wildman–Crippen MR) is 121 cm³/mol. The molecule has 0 unspecified atom stereocenters. The van der Waals surface area contributed by atoms with Crippen molar-refractivity contribution in [2.24, 2.45) is 0 Å². The zero-order valence-corrected chi connectivity index (χ0v) is 18.9. The van der Waals surface area contributed by atoms with Crippen LogP contribution in [0.2, 0.25) is 0 Å². The van der Waals surface area contributed by atoms with Gasteiger partial charge in [-0.1, -0.05) is 12.1 Å². The quantitative estimate of drug-likeness (QED) is 0.646. The van der Waals surface area contributed by atoms with E-state index >= 15 is 0 Å². The third kappa shape index (κ3) is 4.75. The summed E-state index contributed by atoms with van der Waals surface area (Å²) in [5, 5.41) is 3.20. The molecule has 7 nitrogen and oxygen atoms in total. The zero-order chi connectivity index (χ0) is 22.0. The molecule has 0 atom stereocenters. The highest BCUT2D eigenvalue weighted by atomic mass is 32.2. The molecule has 0 aliphatic carbocycles. The number of nitrogens with zero attached hydrogens (tertiary/aromatic N) is 4. The Hall–Kier alpha value is -2.84. The van der Waals surface area contributed by atoms with E-state index < -0.39 is 10.0 Å². The number of hydrogen-bond acceptors (Lipinski definition) is 6. The average molecular weight is 438 g/mol. The van der Waals surface area contributed by atoms with Crippen LogP contribution in [0.3, 0.4) is 0 Å². The number of sulfonamides is 1. The van der Waals surface area contributed by atoms with Gasteiger partial charge in [0.25, 0.3) is 0 Å². The minimum absolute atomic E-state index is 0.172. The number of benzene rings is 1. The van der Waals surface area contributed by atoms with Gasteiger partial charge in [0.05, 0.1) is 16.8 Å². The number of nitrogens with one attached hydrogen (secondary N) is 1. The van der Waals surface area contributed by atoms with Crippen LogP contribution in [0.15, 0.2) is 53.7 Å². The van der Waals surface area contributed by atoms with Crippen molar-refractivity contribution in [3.63, 3.8) is 0 Å². The number of pyridine rings is 1. The van der Waals surface area contributed by atoms with Crippen LogP contribution in [0.1, 0.15) is 41.3 Å². The largest absolute Gasteiger partial charge is 0.324 e. The fourth-order valence-corrected chi connectivity index (χ4v) is 5.35. The molecule has 1 aromatic carbocycles. The molecule has 1 aliphatic heterocycles. The molecular weight excluding hydrogens is 410 g/mol. The Labute approximate surface area is 183 Å². The lowest BCUT2D eigenvalue weighted by Gasteiger charge is -2.31. The van der Waals surface area contributed by atoms with Crippen LogP contribution in [0.4, 0.5) is 11.6 Å². The molecule has 1 fully saturated rings. The summed E-state index contributed by atoms with van der Waals surface area (Å²) in [5.74, 6) is 1.53. The standard InChI is InChI=1S/C23H27N5O2S/c1-16-7-8-20(13-17(16)2)31(29,30)28-11-9-19(10-12-28)21-14-24-15-23(26-21)27-22-6-4-5-18(3)25-22/h4-8,13-15,19H,9-12H2,1-3H3,(H,25,26,27). The lowest BCUT2D eigenvalue weighted by atomic mass is 9.95. The molecule has 3 aromatic rings. The minimum Gasteiger partial charge on any atom is -0.324 e. The number of hydrogen-bond donors (Lipinski definition) is 1. The van der Waals surface area contributed by atoms with Crippen molar-refractivity contribution < 1.29 is 8.42 Å². The average Bonchev–Trinajstić information content (AvgIpc) is 2.76. The van der Waals surface area contributed by atoms with Crippen LogP contribution in [-0.4, -0.2) is 40.8 Å². The maximum atomic E-state index is 13.1. The van der Waals surface area contributed by atoms with Gasteiger partial charge in [0.2, 0.25) is 10.0 Å². The predicted octanol–water partition coefficient (Wildman–Crippen LogP) is 4.11. The van der Waals surface area contributed by atoms with Crippen molar-refractivity contribution in [3.8, 4) is 0 Å². The Morgan fingerprint density at radius 2 is 1.71 bits per heavy atom. The van der Waals surface area contributed by atoms with E-state index in [2.05, 4.69) is 15.3 Å². The first-order chi connectivity index (χ1) is 14.8. The van der Waals surface area contributed by atoms with Gasteiger partial charge in [-0.15, -0.1) is 0 Å². The fraction of sp³-hybridized carbons (Fsp3) is 0.348. The SMILES string of the molecule is Cc1cccc(Nc2cncc(C3CCN(S(=O)(=O)c4ccc(C)c(C)c4)CC3)n2)n1. The Morgan fingerprint density at radius 1 is 0.935 bits per heavy atom. The van der Waals surface area contributed by atoms with E-state index in [1.165, 1.54) is 0 Å². The van der Waals surface area contributed by atoms with Gasteiger partial charge in [-0.3, -0.25) is 4.98 Å². The lowest BCUT2D eigenvalue weighted by Crippen LogP contribution is -2.38. The summed E-state index contributed by atoms with van der Waals surface area (Å²) in [7, 11) is -3.48. The molecule has 0 amide bonds. The molecule has 31 heavy (non-hydrogen) atoms. The highest BCUT2D eigenvalue weighted by Crippen LogP contribution is 2.30. The first-order valence-corrected chi connectivity index (χ1v) is 11.9. The van der Waals surface area contributed by atoms with Crippen molar-refractivity contribution >= 4 is 21.7 Å². The molecule has 2 aromatic heterocycles. The van der Waals surface area contributed by atoms with Gasteiger partial charge < -0.3 is 5.32 Å². The fourth-order valence-electron chi connectivity index (χ4n) is 3.80. The molecule has 0 radical (unpaired) electrons. The monoisotopic (exact) mass is 437 g/mol. The maximum Gasteiger partial charge on any atom is 0.243 e. The number of anilines is 2. The summed E-state index contributed by atoms with van der Waals surface area (Å²) >= 11 is 0. The van der Waals surface area contributed by atoms with Crippen LogP contribution in [-0.2, 0) is 10.0 Å². The molecule has 3 heterocycles. The highest BCUT2D eigenvalue weighted by Gasteiger charge is 2.30. The molecule has 0 saturated carbocycles. The second-order valence-electron chi connectivity index (χ2n) is 8.04. The van der Waals surface area contributed by atoms with Crippen molar-refractivity contribution in [3.05, 3.63) is 71.3 Å². The Kier molecular flexibility index (Phi) is 6.02. The van der Waals surface area contributed by atoms with Crippen LogP contribution < -0.4 is 5.32 Å². The molecule has 4 rings (SSSR count). The highest BCUT2D eigenvalue weighted by molar-refractivity contribution is 7.89. The third-order valence-electron chi connectivity index (χ3n) is 5.79. The summed E-state index contributed by atoms with van der Waals surface area (Å²) < 4.78 is 27.7. The van der Waals surface area contributed by atoms with Crippen LogP contribution >= 0.6 is 0 Å². The van der Waals surface area contributed by atoms with Gasteiger partial charge in [0.15, 0.2) is 0 Å². The van der Waals surface area contributed by atoms with E-state index in [4.69, 9.17) is 4.98 Å². The maximum absolute atomic E-state index is 13.1. The number of piperidine rings is 1. The summed E-state index contributed by atoms with van der Waals surface area (Å²) in [6.07, 6.45) is 4.87. The van der Waals surface area contributed by atoms with Gasteiger partial charge in [-0.25, -0.2) is 18.4 Å². The van der Waals surface area contributed by atoms with E-state index in [0.29, 0.717) is 36.6 Å². The Balaban J connectivity index is 1.44. The summed E-state index contributed by atoms with van der Waals surface area (Å²) in [6.45, 7) is 6.80. The minimum atomic E-state index is -3.48. The summed E-state index contributed by atoms with van der Waals surface area (Å²) in [6, 6.07) is 11.1. The molecule has 1 aliphatic rings. The van der Waals surface area contributed by atoms with Crippen molar-refractivity contribution in [1.29, 1.82) is 0 Å². The van der Waals surface area contributed by atoms with Gasteiger partial charge in [-0.05, 0) is 69.0 Å². The number of rotatable bonds is 5. The molecule has 0 spiro atoms. The molecule has 1 N–H and O–H groups in total. The number of aryl methyl sites for hydroxylation is 3. The van der Waals surface area contributed by atoms with E-state index in [1.807, 2.05) is 45.0 Å². The second kappa shape index (κ2) is 8.72. The molecule has 0 bridgehead atoms. The van der Waals surface area contributed by atoms with Crippen molar-refractivity contribution in [2.45, 2.75) is 44.4 Å². The van der Waals surface area contributed by atoms with Gasteiger partial charge in [0, 0.05) is 30.9 Å². The van der Waals surface area contributed by atoms with Crippen LogP contribution in [0.25, 0.3) is 0 Å². The first kappa shape index (κ1) is 21.4. The Bertz CT molecular complexity index is 1190. The lowest BCUT2D eigenvalue weighted by molar-refractivity contribution is 0.316. The summed E-state index contributed by atoms with van der Waals surface area (Å²) in [4.78, 5) is 13.8. The zero-order valence-electron chi connectivity index (χ0n) is 18.0. The molecule has 8 heteroatoms. The van der Waals surface area contributed by atoms with E-state index in [0.717, 1.165) is 28.3 Å². The first-order valence-electron chi connectivity index (χ1n) is 10.4. The van der Waals surface area contributed by atoms with E-state index in [1.54, 1.807) is 28.8 Å². The third-order valence-corrected chi connectivity index (χ3v) is 7.68. The normalized spacial score (nSPS) is 15.7. The summed E-state index contributed by atoms with van der Waals surface area (Å²) in [5.41, 5.74) is 3.87. The molecule has 162 valence electrons. The molecular formula is C23H27N5O2S. The van der Waals surface area contributed by atoms with E-state index in [-0.39, 0.29) is 5.92 Å². The molecule has 1 saturated heterocycles. The van der Waals surface area contributed by atoms with Crippen LogP contribution in [0, 0.1) is 20.8 Å². The number of aromatic nitrogens is 3. The Morgan fingerprint density at radius 3 is 2.42 bits per heavy atom. The van der Waals surface area contributed by atoms with Crippen LogP contribution in [0.5, 0.6) is 0 Å². The van der Waals surface area contributed by atoms with Gasteiger partial charge >= 0.3 is 0 Å². The second-order valence-corrected chi connectivity index (χ2v) is 9.98. The van der Waals surface area contributed by atoms with E-state index in [9.17, 15) is 8.42 Å². The van der Waals surface area contributed by atoms with Gasteiger partial charge in [-0.2, -0.15) is 4.31 Å².